The van der Waals surface area contributed by atoms with Crippen molar-refractivity contribution in [3.05, 3.63) is 51.8 Å². The van der Waals surface area contributed by atoms with Crippen LogP contribution >= 0.6 is 15.9 Å². The van der Waals surface area contributed by atoms with E-state index >= 15 is 0 Å². The Morgan fingerprint density at radius 3 is 2.38 bits per heavy atom. The van der Waals surface area contributed by atoms with Gasteiger partial charge < -0.3 is 10.1 Å². The molecule has 2 rings (SSSR count). The Labute approximate surface area is 134 Å². The number of rotatable bonds is 5. The number of aromatic nitrogens is 1. The average Bonchev–Trinajstić information content (AvgIpc) is 2.43. The van der Waals surface area contributed by atoms with Gasteiger partial charge in [0, 0.05) is 23.3 Å². The molecule has 3 nitrogen and oxygen atoms in total. The molecule has 0 aliphatic rings. The van der Waals surface area contributed by atoms with Crippen LogP contribution in [0.2, 0.25) is 0 Å². The molecule has 1 aromatic heterocycles. The van der Waals surface area contributed by atoms with Crippen molar-refractivity contribution in [3.8, 4) is 11.5 Å². The number of benzene rings is 1. The molecular formula is C17H21BrN2O. The second-order valence-corrected chi connectivity index (χ2v) is 6.33. The maximum absolute atomic E-state index is 5.93. The normalized spacial score (nSPS) is 11.0. The molecule has 0 aliphatic carbocycles. The van der Waals surface area contributed by atoms with E-state index in [9.17, 15) is 0 Å². The number of aryl methyl sites for hydroxylation is 2. The minimum Gasteiger partial charge on any atom is -0.456 e. The molecule has 2 aromatic rings. The van der Waals surface area contributed by atoms with Crippen LogP contribution in [0.15, 0.2) is 35.1 Å². The first-order valence-electron chi connectivity index (χ1n) is 7.07. The van der Waals surface area contributed by atoms with E-state index in [4.69, 9.17) is 4.74 Å². The van der Waals surface area contributed by atoms with Gasteiger partial charge >= 0.3 is 0 Å². The summed E-state index contributed by atoms with van der Waals surface area (Å²) in [5, 5.41) is 3.38. The lowest BCUT2D eigenvalue weighted by molar-refractivity contribution is 0.477. The van der Waals surface area contributed by atoms with Crippen molar-refractivity contribution in [1.82, 2.24) is 10.3 Å². The number of hydrogen-bond donors (Lipinski definition) is 1. The van der Waals surface area contributed by atoms with Crippen molar-refractivity contribution >= 4 is 15.9 Å². The highest BCUT2D eigenvalue weighted by Crippen LogP contribution is 2.29. The fraction of sp³-hybridized carbons (Fsp3) is 0.353. The van der Waals surface area contributed by atoms with Crippen LogP contribution in [0.1, 0.15) is 30.5 Å². The summed E-state index contributed by atoms with van der Waals surface area (Å²) in [4.78, 5) is 4.25. The SMILES string of the molecule is Cc1cc(Oc2cncc(CNC(C)C)c2)cc(C)c1Br. The quantitative estimate of drug-likeness (QED) is 0.846. The van der Waals surface area contributed by atoms with Gasteiger partial charge in [0.05, 0.1) is 6.20 Å². The maximum atomic E-state index is 5.93. The maximum Gasteiger partial charge on any atom is 0.146 e. The van der Waals surface area contributed by atoms with Crippen LogP contribution in [-0.2, 0) is 6.54 Å². The Hall–Kier alpha value is -1.39. The van der Waals surface area contributed by atoms with Gasteiger partial charge in [-0.2, -0.15) is 0 Å². The summed E-state index contributed by atoms with van der Waals surface area (Å²) in [5.41, 5.74) is 3.44. The summed E-state index contributed by atoms with van der Waals surface area (Å²) in [6.45, 7) is 9.17. The molecule has 0 saturated carbocycles. The first-order chi connectivity index (χ1) is 9.95. The molecule has 0 amide bonds. The van der Waals surface area contributed by atoms with Gasteiger partial charge in [0.1, 0.15) is 11.5 Å². The zero-order chi connectivity index (χ0) is 15.4. The number of ether oxygens (including phenoxy) is 1. The lowest BCUT2D eigenvalue weighted by Gasteiger charge is -2.11. The third-order valence-electron chi connectivity index (χ3n) is 3.13. The van der Waals surface area contributed by atoms with Gasteiger partial charge in [-0.1, -0.05) is 29.8 Å². The highest BCUT2D eigenvalue weighted by molar-refractivity contribution is 9.10. The van der Waals surface area contributed by atoms with Crippen molar-refractivity contribution in [2.24, 2.45) is 0 Å². The molecule has 1 N–H and O–H groups in total. The topological polar surface area (TPSA) is 34.1 Å². The minimum absolute atomic E-state index is 0.450. The van der Waals surface area contributed by atoms with Gasteiger partial charge in [-0.05, 0) is 48.7 Å². The molecular weight excluding hydrogens is 328 g/mol. The molecule has 21 heavy (non-hydrogen) atoms. The van der Waals surface area contributed by atoms with E-state index in [2.05, 4.69) is 53.9 Å². The Bertz CT molecular complexity index is 603. The molecule has 112 valence electrons. The summed E-state index contributed by atoms with van der Waals surface area (Å²) >= 11 is 3.57. The van der Waals surface area contributed by atoms with E-state index in [1.807, 2.05) is 24.4 Å². The standard InChI is InChI=1S/C17H21BrN2O/c1-11(2)20-9-14-7-16(10-19-8-14)21-15-5-12(3)17(18)13(4)6-15/h5-8,10-11,20H,9H2,1-4H3. The number of halogens is 1. The fourth-order valence-corrected chi connectivity index (χ4v) is 2.27. The van der Waals surface area contributed by atoms with Gasteiger partial charge in [0.2, 0.25) is 0 Å². The van der Waals surface area contributed by atoms with Gasteiger partial charge in [0.15, 0.2) is 0 Å². The monoisotopic (exact) mass is 348 g/mol. The molecule has 4 heteroatoms. The molecule has 1 aromatic carbocycles. The van der Waals surface area contributed by atoms with Gasteiger partial charge in [-0.15, -0.1) is 0 Å². The molecule has 1 heterocycles. The number of nitrogens with one attached hydrogen (secondary N) is 1. The van der Waals surface area contributed by atoms with Crippen molar-refractivity contribution < 1.29 is 4.74 Å². The summed E-state index contributed by atoms with van der Waals surface area (Å²) in [6, 6.07) is 6.52. The Morgan fingerprint density at radius 2 is 1.76 bits per heavy atom. The van der Waals surface area contributed by atoms with E-state index in [1.54, 1.807) is 6.20 Å². The second kappa shape index (κ2) is 7.05. The molecule has 0 atom stereocenters. The molecule has 0 spiro atoms. The summed E-state index contributed by atoms with van der Waals surface area (Å²) < 4.78 is 7.06. The van der Waals surface area contributed by atoms with Gasteiger partial charge in [-0.3, -0.25) is 4.98 Å². The van der Waals surface area contributed by atoms with Crippen molar-refractivity contribution in [2.75, 3.05) is 0 Å². The molecule has 0 fully saturated rings. The molecule has 0 bridgehead atoms. The second-order valence-electron chi connectivity index (χ2n) is 5.54. The van der Waals surface area contributed by atoms with Crippen LogP contribution < -0.4 is 10.1 Å². The fourth-order valence-electron chi connectivity index (χ4n) is 2.04. The molecule has 0 unspecified atom stereocenters. The molecule has 0 saturated heterocycles. The number of hydrogen-bond acceptors (Lipinski definition) is 3. The van der Waals surface area contributed by atoms with E-state index in [-0.39, 0.29) is 0 Å². The largest absolute Gasteiger partial charge is 0.456 e. The van der Waals surface area contributed by atoms with Gasteiger partial charge in [-0.25, -0.2) is 0 Å². The van der Waals surface area contributed by atoms with Crippen molar-refractivity contribution in [1.29, 1.82) is 0 Å². The predicted octanol–water partition coefficient (Wildman–Crippen LogP) is 4.75. The Morgan fingerprint density at radius 1 is 1.10 bits per heavy atom. The average molecular weight is 349 g/mol. The molecule has 0 aliphatic heterocycles. The highest BCUT2D eigenvalue weighted by Gasteiger charge is 2.05. The van der Waals surface area contributed by atoms with Crippen molar-refractivity contribution in [3.63, 3.8) is 0 Å². The minimum atomic E-state index is 0.450. The lowest BCUT2D eigenvalue weighted by atomic mass is 10.1. The summed E-state index contributed by atoms with van der Waals surface area (Å²) in [5.74, 6) is 1.60. The Kier molecular flexibility index (Phi) is 5.37. The Balaban J connectivity index is 2.14. The van der Waals surface area contributed by atoms with E-state index in [0.29, 0.717) is 6.04 Å². The van der Waals surface area contributed by atoms with Crippen LogP contribution in [0.25, 0.3) is 0 Å². The molecule has 0 radical (unpaired) electrons. The highest BCUT2D eigenvalue weighted by atomic mass is 79.9. The van der Waals surface area contributed by atoms with Crippen LogP contribution in [0.5, 0.6) is 11.5 Å². The smallest absolute Gasteiger partial charge is 0.146 e. The first-order valence-corrected chi connectivity index (χ1v) is 7.87. The first kappa shape index (κ1) is 16.0. The number of pyridine rings is 1. The van der Waals surface area contributed by atoms with E-state index in [0.717, 1.165) is 39.2 Å². The third kappa shape index (κ3) is 4.55. The number of nitrogens with zero attached hydrogens (tertiary/aromatic N) is 1. The van der Waals surface area contributed by atoms with Crippen LogP contribution in [0.4, 0.5) is 0 Å². The zero-order valence-corrected chi connectivity index (χ0v) is 14.5. The van der Waals surface area contributed by atoms with Crippen LogP contribution in [-0.4, -0.2) is 11.0 Å². The third-order valence-corrected chi connectivity index (χ3v) is 4.38. The lowest BCUT2D eigenvalue weighted by Crippen LogP contribution is -2.21. The predicted molar refractivity (Wildman–Crippen MR) is 89.9 cm³/mol. The van der Waals surface area contributed by atoms with Crippen molar-refractivity contribution in [2.45, 2.75) is 40.3 Å². The van der Waals surface area contributed by atoms with Gasteiger partial charge in [0.25, 0.3) is 0 Å². The summed E-state index contributed by atoms with van der Waals surface area (Å²) in [6.07, 6.45) is 3.60. The van der Waals surface area contributed by atoms with E-state index < -0.39 is 0 Å². The van der Waals surface area contributed by atoms with Crippen LogP contribution in [0, 0.1) is 13.8 Å². The summed E-state index contributed by atoms with van der Waals surface area (Å²) in [7, 11) is 0. The van der Waals surface area contributed by atoms with E-state index in [1.165, 1.54) is 0 Å². The zero-order valence-electron chi connectivity index (χ0n) is 12.9. The van der Waals surface area contributed by atoms with Crippen LogP contribution in [0.3, 0.4) is 0 Å².